The van der Waals surface area contributed by atoms with Crippen LogP contribution in [0.3, 0.4) is 0 Å². The molecule has 4 heteroatoms. The number of aromatic nitrogens is 1. The summed E-state index contributed by atoms with van der Waals surface area (Å²) in [6, 6.07) is 4.40. The Balaban J connectivity index is 1.53. The normalized spacial score (nSPS) is 34.8. The number of hydrogen-bond donors (Lipinski definition) is 2. The molecule has 0 spiro atoms. The maximum absolute atomic E-state index is 12.3. The van der Waals surface area contributed by atoms with Crippen molar-refractivity contribution in [1.82, 2.24) is 15.6 Å². The van der Waals surface area contributed by atoms with E-state index in [4.69, 9.17) is 0 Å². The highest BCUT2D eigenvalue weighted by Crippen LogP contribution is 2.39. The molecule has 1 aromatic heterocycles. The molecule has 0 bridgehead atoms. The fourth-order valence-corrected chi connectivity index (χ4v) is 4.28. The van der Waals surface area contributed by atoms with Crippen molar-refractivity contribution in [3.05, 3.63) is 30.1 Å². The molecule has 2 N–H and O–H groups in total. The Morgan fingerprint density at radius 1 is 1.32 bits per heavy atom. The quantitative estimate of drug-likeness (QED) is 0.897. The minimum Gasteiger partial charge on any atom is -0.353 e. The van der Waals surface area contributed by atoms with E-state index < -0.39 is 0 Å². The van der Waals surface area contributed by atoms with Crippen LogP contribution in [0.25, 0.3) is 0 Å². The van der Waals surface area contributed by atoms with Crippen LogP contribution in [-0.4, -0.2) is 23.5 Å². The molecule has 1 saturated carbocycles. The van der Waals surface area contributed by atoms with Crippen molar-refractivity contribution in [1.29, 1.82) is 0 Å². The van der Waals surface area contributed by atoms with Gasteiger partial charge in [-0.2, -0.15) is 0 Å². The van der Waals surface area contributed by atoms with E-state index in [1.165, 1.54) is 6.42 Å². The molecule has 1 aromatic rings. The van der Waals surface area contributed by atoms with Crippen LogP contribution in [0, 0.1) is 23.7 Å². The van der Waals surface area contributed by atoms with Crippen LogP contribution in [0.1, 0.15) is 38.7 Å². The van der Waals surface area contributed by atoms with Crippen molar-refractivity contribution >= 4 is 5.91 Å². The Hall–Kier alpha value is -1.42. The van der Waals surface area contributed by atoms with Crippen molar-refractivity contribution in [2.75, 3.05) is 6.54 Å². The van der Waals surface area contributed by atoms with E-state index >= 15 is 0 Å². The zero-order valence-electron chi connectivity index (χ0n) is 13.6. The van der Waals surface area contributed by atoms with Crippen molar-refractivity contribution in [3.63, 3.8) is 0 Å². The summed E-state index contributed by atoms with van der Waals surface area (Å²) in [4.78, 5) is 16.5. The molecule has 2 heterocycles. The summed E-state index contributed by atoms with van der Waals surface area (Å²) < 4.78 is 0. The van der Waals surface area contributed by atoms with Gasteiger partial charge in [0.1, 0.15) is 0 Å². The largest absolute Gasteiger partial charge is 0.353 e. The summed E-state index contributed by atoms with van der Waals surface area (Å²) in [5.74, 6) is 2.45. The van der Waals surface area contributed by atoms with Gasteiger partial charge in [-0.1, -0.05) is 19.9 Å². The lowest BCUT2D eigenvalue weighted by Crippen LogP contribution is -2.55. The van der Waals surface area contributed by atoms with E-state index in [0.29, 0.717) is 12.0 Å². The van der Waals surface area contributed by atoms with Crippen molar-refractivity contribution in [3.8, 4) is 0 Å². The fourth-order valence-electron chi connectivity index (χ4n) is 4.28. The summed E-state index contributed by atoms with van der Waals surface area (Å²) in [5, 5.41) is 6.71. The topological polar surface area (TPSA) is 54.0 Å². The number of hydrogen-bond acceptors (Lipinski definition) is 3. The van der Waals surface area contributed by atoms with Gasteiger partial charge in [0.05, 0.1) is 5.92 Å². The third-order valence-corrected chi connectivity index (χ3v) is 5.38. The first-order valence-electron chi connectivity index (χ1n) is 8.53. The first-order chi connectivity index (χ1) is 10.6. The predicted molar refractivity (Wildman–Crippen MR) is 87.0 cm³/mol. The molecule has 0 radical (unpaired) electrons. The second-order valence-electron chi connectivity index (χ2n) is 7.26. The number of piperidine rings is 1. The molecule has 0 aromatic carbocycles. The first kappa shape index (κ1) is 15.5. The number of nitrogens with zero attached hydrogens (tertiary/aromatic N) is 1. The van der Waals surface area contributed by atoms with Crippen LogP contribution in [0.5, 0.6) is 0 Å². The lowest BCUT2D eigenvalue weighted by Gasteiger charge is -2.45. The predicted octanol–water partition coefficient (Wildman–Crippen LogP) is 2.36. The van der Waals surface area contributed by atoms with Crippen molar-refractivity contribution in [2.24, 2.45) is 23.7 Å². The van der Waals surface area contributed by atoms with Crippen LogP contribution in [0.2, 0.25) is 0 Å². The minimum atomic E-state index is 0.105. The number of carbonyl (C=O) groups excluding carboxylic acids is 1. The van der Waals surface area contributed by atoms with E-state index in [-0.39, 0.29) is 11.8 Å². The Labute approximate surface area is 133 Å². The van der Waals surface area contributed by atoms with Gasteiger partial charge in [0.15, 0.2) is 0 Å². The van der Waals surface area contributed by atoms with Crippen molar-refractivity contribution < 1.29 is 4.79 Å². The third-order valence-electron chi connectivity index (χ3n) is 5.38. The molecule has 2 fully saturated rings. The summed E-state index contributed by atoms with van der Waals surface area (Å²) >= 11 is 0. The highest BCUT2D eigenvalue weighted by molar-refractivity contribution is 5.80. The lowest BCUT2D eigenvalue weighted by atomic mass is 9.67. The summed E-state index contributed by atoms with van der Waals surface area (Å²) in [6.07, 6.45) is 7.13. The van der Waals surface area contributed by atoms with E-state index in [2.05, 4.69) is 35.5 Å². The van der Waals surface area contributed by atoms with Gasteiger partial charge in [-0.25, -0.2) is 0 Å². The molecular formula is C18H27N3O. The van der Waals surface area contributed by atoms with Crippen LogP contribution < -0.4 is 10.6 Å². The van der Waals surface area contributed by atoms with Gasteiger partial charge >= 0.3 is 0 Å². The molecule has 5 unspecified atom stereocenters. The van der Waals surface area contributed by atoms with Crippen molar-refractivity contribution in [2.45, 2.75) is 45.7 Å². The fraction of sp³-hybridized carbons (Fsp3) is 0.667. The number of rotatable bonds is 4. The molecule has 1 saturated heterocycles. The van der Waals surface area contributed by atoms with Gasteiger partial charge in [-0.3, -0.25) is 9.78 Å². The average Bonchev–Trinajstić information content (AvgIpc) is 2.49. The summed E-state index contributed by atoms with van der Waals surface area (Å²) in [5.41, 5.74) is 1.16. The Bertz CT molecular complexity index is 504. The highest BCUT2D eigenvalue weighted by atomic mass is 16.2. The maximum atomic E-state index is 12.3. The number of pyridine rings is 1. The second kappa shape index (κ2) is 6.78. The summed E-state index contributed by atoms with van der Waals surface area (Å²) in [6.45, 7) is 6.19. The molecule has 5 atom stereocenters. The average molecular weight is 301 g/mol. The highest BCUT2D eigenvalue weighted by Gasteiger charge is 2.41. The van der Waals surface area contributed by atoms with Gasteiger partial charge in [0.25, 0.3) is 0 Å². The molecule has 1 aliphatic heterocycles. The van der Waals surface area contributed by atoms with Gasteiger partial charge in [0, 0.05) is 31.5 Å². The minimum absolute atomic E-state index is 0.105. The number of fused-ring (bicyclic) bond motifs is 1. The molecule has 1 amide bonds. The third kappa shape index (κ3) is 3.49. The molecule has 3 rings (SSSR count). The van der Waals surface area contributed by atoms with Gasteiger partial charge in [0.2, 0.25) is 5.91 Å². The SMILES string of the molecule is CC1CC(C)C2CC(CNCc3cccnc3)C(=O)NC2C1. The summed E-state index contributed by atoms with van der Waals surface area (Å²) in [7, 11) is 0. The van der Waals surface area contributed by atoms with Crippen LogP contribution in [0.4, 0.5) is 0 Å². The van der Waals surface area contributed by atoms with E-state index in [0.717, 1.165) is 43.3 Å². The van der Waals surface area contributed by atoms with Crippen LogP contribution in [0.15, 0.2) is 24.5 Å². The van der Waals surface area contributed by atoms with Gasteiger partial charge in [-0.15, -0.1) is 0 Å². The number of carbonyl (C=O) groups is 1. The van der Waals surface area contributed by atoms with E-state index in [1.807, 2.05) is 12.3 Å². The van der Waals surface area contributed by atoms with Crippen LogP contribution >= 0.6 is 0 Å². The standard InChI is InChI=1S/C18H27N3O/c1-12-6-13(2)16-8-15(18(22)21-17(16)7-12)11-20-10-14-4-3-5-19-9-14/h3-5,9,12-13,15-17,20H,6-8,10-11H2,1-2H3,(H,21,22). The Morgan fingerprint density at radius 3 is 2.95 bits per heavy atom. The zero-order valence-corrected chi connectivity index (χ0v) is 13.6. The molecule has 1 aliphatic carbocycles. The van der Waals surface area contributed by atoms with Gasteiger partial charge in [-0.05, 0) is 48.6 Å². The number of nitrogens with one attached hydrogen (secondary N) is 2. The van der Waals surface area contributed by atoms with E-state index in [1.54, 1.807) is 6.20 Å². The second-order valence-corrected chi connectivity index (χ2v) is 7.26. The number of amides is 1. The van der Waals surface area contributed by atoms with E-state index in [9.17, 15) is 4.79 Å². The lowest BCUT2D eigenvalue weighted by molar-refractivity contribution is -0.131. The van der Waals surface area contributed by atoms with Crippen LogP contribution in [-0.2, 0) is 11.3 Å². The Morgan fingerprint density at radius 2 is 2.18 bits per heavy atom. The monoisotopic (exact) mass is 301 g/mol. The Kier molecular flexibility index (Phi) is 4.77. The first-order valence-corrected chi connectivity index (χ1v) is 8.53. The molecule has 22 heavy (non-hydrogen) atoms. The maximum Gasteiger partial charge on any atom is 0.224 e. The zero-order chi connectivity index (χ0) is 15.5. The van der Waals surface area contributed by atoms with Gasteiger partial charge < -0.3 is 10.6 Å². The smallest absolute Gasteiger partial charge is 0.224 e. The molecule has 120 valence electrons. The molecular weight excluding hydrogens is 274 g/mol. The molecule has 2 aliphatic rings. The molecule has 4 nitrogen and oxygen atoms in total.